The van der Waals surface area contributed by atoms with Gasteiger partial charge in [-0.25, -0.2) is 0 Å². The molecule has 0 amide bonds. The van der Waals surface area contributed by atoms with Gasteiger partial charge in [0.1, 0.15) is 0 Å². The largest absolute Gasteiger partial charge is 0.0654 e. The molecule has 0 aromatic carbocycles. The first kappa shape index (κ1) is 35.2. The second-order valence-electron chi connectivity index (χ2n) is 16.5. The third-order valence-electron chi connectivity index (χ3n) is 12.9. The van der Waals surface area contributed by atoms with Crippen molar-refractivity contribution in [2.75, 3.05) is 0 Å². The number of rotatable bonds is 23. The fourth-order valence-corrected chi connectivity index (χ4v) is 9.27. The molecule has 9 unspecified atom stereocenters. The fourth-order valence-electron chi connectivity index (χ4n) is 9.27. The Morgan fingerprint density at radius 3 is 1.82 bits per heavy atom. The highest BCUT2D eigenvalue weighted by molar-refractivity contribution is 4.97. The van der Waals surface area contributed by atoms with Crippen LogP contribution in [0.3, 0.4) is 0 Å². The van der Waals surface area contributed by atoms with Gasteiger partial charge in [0, 0.05) is 0 Å². The lowest BCUT2D eigenvalue weighted by atomic mass is 9.52. The molecule has 0 aliphatic heterocycles. The van der Waals surface area contributed by atoms with Crippen LogP contribution >= 0.6 is 0 Å². The summed E-state index contributed by atoms with van der Waals surface area (Å²) in [4.78, 5) is 0. The maximum atomic E-state index is 2.63. The van der Waals surface area contributed by atoms with Crippen LogP contribution in [0.4, 0.5) is 0 Å². The highest BCUT2D eigenvalue weighted by atomic mass is 14.5. The van der Waals surface area contributed by atoms with E-state index >= 15 is 0 Å². The van der Waals surface area contributed by atoms with E-state index in [9.17, 15) is 0 Å². The molecule has 39 heavy (non-hydrogen) atoms. The minimum absolute atomic E-state index is 0.673. The summed E-state index contributed by atoms with van der Waals surface area (Å²) < 4.78 is 0. The van der Waals surface area contributed by atoms with E-state index in [2.05, 4.69) is 69.2 Å². The van der Waals surface area contributed by atoms with Crippen LogP contribution in [0, 0.1) is 58.2 Å². The van der Waals surface area contributed by atoms with Gasteiger partial charge in [0.15, 0.2) is 0 Å². The molecule has 0 N–H and O–H groups in total. The molecular weight excluding hydrogens is 468 g/mol. The van der Waals surface area contributed by atoms with E-state index in [1.165, 1.54) is 122 Å². The van der Waals surface area contributed by atoms with Crippen molar-refractivity contribution in [3.63, 3.8) is 0 Å². The van der Waals surface area contributed by atoms with Crippen LogP contribution in [0.2, 0.25) is 0 Å². The Kier molecular flexibility index (Phi) is 15.5. The van der Waals surface area contributed by atoms with Gasteiger partial charge in [-0.05, 0) is 96.7 Å². The van der Waals surface area contributed by atoms with Gasteiger partial charge in [-0.2, -0.15) is 0 Å². The normalized spacial score (nSPS) is 31.6. The third kappa shape index (κ3) is 11.3. The second kappa shape index (κ2) is 17.2. The zero-order valence-electron chi connectivity index (χ0n) is 29.1. The monoisotopic (exact) mass is 545 g/mol. The summed E-state index contributed by atoms with van der Waals surface area (Å²) in [5.74, 6) is 7.50. The molecule has 2 saturated carbocycles. The SMILES string of the molecule is CCCCCCC1(C)CC(C)C1CCCCCC(CCCCC(C)C(CCC1(C)CC1C)C(C)C)C(C)CC. The maximum absolute atomic E-state index is 2.63. The summed E-state index contributed by atoms with van der Waals surface area (Å²) in [5.41, 5.74) is 1.35. The Morgan fingerprint density at radius 2 is 1.26 bits per heavy atom. The minimum Gasteiger partial charge on any atom is -0.0654 e. The molecule has 0 aromatic heterocycles. The average Bonchev–Trinajstić information content (AvgIpc) is 3.49. The highest BCUT2D eigenvalue weighted by Crippen LogP contribution is 2.57. The fraction of sp³-hybridized carbons (Fsp3) is 1.00. The Hall–Kier alpha value is 0. The van der Waals surface area contributed by atoms with Crippen molar-refractivity contribution in [2.24, 2.45) is 58.2 Å². The molecule has 0 radical (unpaired) electrons. The number of hydrogen-bond acceptors (Lipinski definition) is 0. The Bertz CT molecular complexity index is 634. The third-order valence-corrected chi connectivity index (χ3v) is 12.9. The molecule has 232 valence electrons. The van der Waals surface area contributed by atoms with Gasteiger partial charge >= 0.3 is 0 Å². The second-order valence-corrected chi connectivity index (χ2v) is 16.5. The van der Waals surface area contributed by atoms with Gasteiger partial charge in [-0.3, -0.25) is 0 Å². The van der Waals surface area contributed by atoms with Gasteiger partial charge in [0.2, 0.25) is 0 Å². The molecule has 0 nitrogen and oxygen atoms in total. The predicted molar refractivity (Wildman–Crippen MR) is 177 cm³/mol. The first-order chi connectivity index (χ1) is 18.5. The molecule has 0 heterocycles. The topological polar surface area (TPSA) is 0 Å². The molecule has 0 heteroatoms. The summed E-state index contributed by atoms with van der Waals surface area (Å²) >= 11 is 0. The molecule has 0 saturated heterocycles. The predicted octanol–water partition coefficient (Wildman–Crippen LogP) is 13.5. The summed E-state index contributed by atoms with van der Waals surface area (Å²) in [5, 5.41) is 0. The molecule has 2 rings (SSSR count). The molecule has 9 atom stereocenters. The standard InChI is InChI=1S/C39H76/c1-11-13-14-20-26-39(10)28-33(7)37(39)24-17-15-16-22-35(31(5)12-2)23-19-18-21-32(6)36(30(3)4)25-27-38(9)29-34(38)8/h30-37H,11-29H2,1-10H3. The summed E-state index contributed by atoms with van der Waals surface area (Å²) in [6.45, 7) is 25.0. The van der Waals surface area contributed by atoms with Crippen molar-refractivity contribution >= 4 is 0 Å². The van der Waals surface area contributed by atoms with Crippen molar-refractivity contribution in [1.29, 1.82) is 0 Å². The highest BCUT2D eigenvalue weighted by Gasteiger charge is 2.47. The first-order valence-electron chi connectivity index (χ1n) is 18.5. The smallest absolute Gasteiger partial charge is 0.0292 e. The first-order valence-corrected chi connectivity index (χ1v) is 18.5. The van der Waals surface area contributed by atoms with E-state index in [1.54, 1.807) is 0 Å². The Balaban J connectivity index is 1.65. The van der Waals surface area contributed by atoms with Gasteiger partial charge in [-0.1, -0.05) is 153 Å². The van der Waals surface area contributed by atoms with Crippen LogP contribution in [0.5, 0.6) is 0 Å². The molecule has 0 bridgehead atoms. The van der Waals surface area contributed by atoms with E-state index in [1.807, 2.05) is 0 Å². The van der Waals surface area contributed by atoms with Crippen molar-refractivity contribution < 1.29 is 0 Å². The Morgan fingerprint density at radius 1 is 0.641 bits per heavy atom. The van der Waals surface area contributed by atoms with Gasteiger partial charge in [-0.15, -0.1) is 0 Å². The van der Waals surface area contributed by atoms with Crippen LogP contribution in [-0.2, 0) is 0 Å². The number of hydrogen-bond donors (Lipinski definition) is 0. The van der Waals surface area contributed by atoms with Gasteiger partial charge < -0.3 is 0 Å². The van der Waals surface area contributed by atoms with Crippen molar-refractivity contribution in [1.82, 2.24) is 0 Å². The Labute approximate surface area is 249 Å². The minimum atomic E-state index is 0.673. The van der Waals surface area contributed by atoms with E-state index in [0.717, 1.165) is 47.3 Å². The zero-order valence-corrected chi connectivity index (χ0v) is 29.1. The van der Waals surface area contributed by atoms with Crippen LogP contribution in [0.25, 0.3) is 0 Å². The summed E-state index contributed by atoms with van der Waals surface area (Å²) in [7, 11) is 0. The zero-order chi connectivity index (χ0) is 29.1. The van der Waals surface area contributed by atoms with Crippen molar-refractivity contribution in [3.8, 4) is 0 Å². The lowest BCUT2D eigenvalue weighted by molar-refractivity contribution is -0.0336. The maximum Gasteiger partial charge on any atom is -0.0292 e. The van der Waals surface area contributed by atoms with Crippen molar-refractivity contribution in [3.05, 3.63) is 0 Å². The molecule has 2 aliphatic carbocycles. The quantitative estimate of drug-likeness (QED) is 0.112. The average molecular weight is 545 g/mol. The van der Waals surface area contributed by atoms with Crippen molar-refractivity contribution in [2.45, 2.75) is 191 Å². The van der Waals surface area contributed by atoms with Crippen LogP contribution in [0.15, 0.2) is 0 Å². The molecular formula is C39H76. The lowest BCUT2D eigenvalue weighted by Gasteiger charge is -2.53. The van der Waals surface area contributed by atoms with E-state index in [-0.39, 0.29) is 0 Å². The summed E-state index contributed by atoms with van der Waals surface area (Å²) in [6, 6.07) is 0. The lowest BCUT2D eigenvalue weighted by Crippen LogP contribution is -2.44. The van der Waals surface area contributed by atoms with E-state index < -0.39 is 0 Å². The van der Waals surface area contributed by atoms with Gasteiger partial charge in [0.25, 0.3) is 0 Å². The molecule has 0 spiro atoms. The van der Waals surface area contributed by atoms with E-state index in [0.29, 0.717) is 10.8 Å². The van der Waals surface area contributed by atoms with Crippen LogP contribution in [0.1, 0.15) is 191 Å². The summed E-state index contributed by atoms with van der Waals surface area (Å²) in [6.07, 6.45) is 27.8. The van der Waals surface area contributed by atoms with Crippen LogP contribution in [-0.4, -0.2) is 0 Å². The van der Waals surface area contributed by atoms with Gasteiger partial charge in [0.05, 0.1) is 0 Å². The van der Waals surface area contributed by atoms with Crippen LogP contribution < -0.4 is 0 Å². The number of unbranched alkanes of at least 4 members (excludes halogenated alkanes) is 6. The molecule has 0 aromatic rings. The molecule has 2 fully saturated rings. The van der Waals surface area contributed by atoms with E-state index in [4.69, 9.17) is 0 Å². The molecule has 2 aliphatic rings.